The van der Waals surface area contributed by atoms with Crippen molar-refractivity contribution in [2.24, 2.45) is 0 Å². The number of hydrogen-bond acceptors (Lipinski definition) is 4. The van der Waals surface area contributed by atoms with Gasteiger partial charge in [-0.25, -0.2) is 0 Å². The lowest BCUT2D eigenvalue weighted by Gasteiger charge is -2.15. The van der Waals surface area contributed by atoms with Crippen molar-refractivity contribution < 1.29 is 14.6 Å². The molecule has 1 aromatic carbocycles. The van der Waals surface area contributed by atoms with Crippen molar-refractivity contribution in [2.45, 2.75) is 39.3 Å². The molecule has 0 fully saturated rings. The van der Waals surface area contributed by atoms with Gasteiger partial charge >= 0.3 is 0 Å². The van der Waals surface area contributed by atoms with Crippen LogP contribution >= 0.6 is 0 Å². The second-order valence-electron chi connectivity index (χ2n) is 5.12. The van der Waals surface area contributed by atoms with E-state index in [-0.39, 0.29) is 0 Å². The first-order chi connectivity index (χ1) is 9.61. The van der Waals surface area contributed by atoms with Crippen molar-refractivity contribution in [1.82, 2.24) is 5.32 Å². The molecule has 0 radical (unpaired) electrons. The second-order valence-corrected chi connectivity index (χ2v) is 5.12. The second kappa shape index (κ2) is 9.75. The van der Waals surface area contributed by atoms with Crippen LogP contribution in [0.4, 0.5) is 0 Å². The number of aliphatic hydroxyl groups is 1. The number of nitrogens with one attached hydrogen (secondary N) is 1. The minimum absolute atomic E-state index is 0.304. The number of aliphatic hydroxyl groups excluding tert-OH is 1. The van der Waals surface area contributed by atoms with Gasteiger partial charge in [0, 0.05) is 19.2 Å². The summed E-state index contributed by atoms with van der Waals surface area (Å²) in [5.74, 6) is 0.786. The molecule has 4 heteroatoms. The largest absolute Gasteiger partial charge is 0.491 e. The molecule has 0 saturated carbocycles. The summed E-state index contributed by atoms with van der Waals surface area (Å²) < 4.78 is 10.9. The zero-order valence-corrected chi connectivity index (χ0v) is 12.8. The molecule has 114 valence electrons. The summed E-state index contributed by atoms with van der Waals surface area (Å²) in [7, 11) is 0. The van der Waals surface area contributed by atoms with Gasteiger partial charge in [-0.1, -0.05) is 26.0 Å². The van der Waals surface area contributed by atoms with Crippen molar-refractivity contribution in [2.75, 3.05) is 26.4 Å². The van der Waals surface area contributed by atoms with Gasteiger partial charge in [-0.3, -0.25) is 0 Å². The molecule has 0 aliphatic rings. The average Bonchev–Trinajstić information content (AvgIpc) is 2.44. The summed E-state index contributed by atoms with van der Waals surface area (Å²) in [5, 5.41) is 12.9. The maximum atomic E-state index is 9.75. The van der Waals surface area contributed by atoms with Crippen LogP contribution in [0.3, 0.4) is 0 Å². The fourth-order valence-electron chi connectivity index (χ4n) is 1.71. The van der Waals surface area contributed by atoms with E-state index in [9.17, 15) is 5.11 Å². The van der Waals surface area contributed by atoms with Crippen LogP contribution in [0.2, 0.25) is 0 Å². The fourth-order valence-corrected chi connectivity index (χ4v) is 1.71. The highest BCUT2D eigenvalue weighted by molar-refractivity contribution is 5.27. The third kappa shape index (κ3) is 7.48. The van der Waals surface area contributed by atoms with Crippen LogP contribution in [0, 0.1) is 0 Å². The molecule has 0 aliphatic carbocycles. The van der Waals surface area contributed by atoms with Crippen LogP contribution < -0.4 is 10.1 Å². The Hall–Kier alpha value is -1.10. The first kappa shape index (κ1) is 17.0. The predicted octanol–water partition coefficient (Wildman–Crippen LogP) is 2.00. The highest BCUT2D eigenvalue weighted by atomic mass is 16.5. The Labute approximate surface area is 122 Å². The monoisotopic (exact) mass is 281 g/mol. The Bertz CT molecular complexity index is 351. The van der Waals surface area contributed by atoms with E-state index in [1.54, 1.807) is 0 Å². The number of ether oxygens (including phenoxy) is 2. The van der Waals surface area contributed by atoms with E-state index in [2.05, 4.69) is 19.2 Å². The van der Waals surface area contributed by atoms with E-state index in [1.807, 2.05) is 31.2 Å². The van der Waals surface area contributed by atoms with Gasteiger partial charge in [0.25, 0.3) is 0 Å². The zero-order chi connectivity index (χ0) is 14.8. The molecule has 0 amide bonds. The molecule has 1 rings (SSSR count). The summed E-state index contributed by atoms with van der Waals surface area (Å²) in [5.41, 5.74) is 1.23. The van der Waals surface area contributed by atoms with Crippen LogP contribution in [0.1, 0.15) is 26.3 Å². The van der Waals surface area contributed by atoms with Gasteiger partial charge in [0.15, 0.2) is 0 Å². The van der Waals surface area contributed by atoms with Gasteiger partial charge in [-0.15, -0.1) is 0 Å². The van der Waals surface area contributed by atoms with E-state index in [0.29, 0.717) is 19.2 Å². The lowest BCUT2D eigenvalue weighted by atomic mass is 10.1. The van der Waals surface area contributed by atoms with Crippen molar-refractivity contribution in [1.29, 1.82) is 0 Å². The molecule has 2 N–H and O–H groups in total. The Balaban J connectivity index is 2.27. The van der Waals surface area contributed by atoms with Crippen molar-refractivity contribution in [3.8, 4) is 5.75 Å². The number of hydrogen-bond donors (Lipinski definition) is 2. The van der Waals surface area contributed by atoms with Crippen LogP contribution in [0.15, 0.2) is 24.3 Å². The minimum atomic E-state index is -0.491. The van der Waals surface area contributed by atoms with Gasteiger partial charge in [0.1, 0.15) is 18.5 Å². The smallest absolute Gasteiger partial charge is 0.119 e. The molecule has 1 atom stereocenters. The predicted molar refractivity (Wildman–Crippen MR) is 81.3 cm³/mol. The molecule has 0 aliphatic heterocycles. The van der Waals surface area contributed by atoms with Gasteiger partial charge in [-0.05, 0) is 31.0 Å². The molecule has 0 saturated heterocycles. The summed E-state index contributed by atoms with van der Waals surface area (Å²) in [4.78, 5) is 0. The van der Waals surface area contributed by atoms with E-state index in [4.69, 9.17) is 9.47 Å². The number of rotatable bonds is 10. The van der Waals surface area contributed by atoms with Crippen LogP contribution in [-0.2, 0) is 11.2 Å². The number of benzene rings is 1. The molecule has 1 aromatic rings. The normalized spacial score (nSPS) is 12.7. The molecule has 0 aromatic heterocycles. The van der Waals surface area contributed by atoms with Gasteiger partial charge in [-0.2, -0.15) is 0 Å². The Morgan fingerprint density at radius 1 is 1.20 bits per heavy atom. The lowest BCUT2D eigenvalue weighted by Crippen LogP contribution is -2.35. The highest BCUT2D eigenvalue weighted by Gasteiger charge is 2.06. The first-order valence-corrected chi connectivity index (χ1v) is 7.32. The molecular formula is C16H27NO3. The molecule has 0 bridgehead atoms. The van der Waals surface area contributed by atoms with Crippen molar-refractivity contribution >= 4 is 0 Å². The summed E-state index contributed by atoms with van der Waals surface area (Å²) in [6.45, 7) is 8.45. The Morgan fingerprint density at radius 2 is 1.90 bits per heavy atom. The fraction of sp³-hybridized carbons (Fsp3) is 0.625. The Morgan fingerprint density at radius 3 is 2.50 bits per heavy atom. The molecular weight excluding hydrogens is 254 g/mol. The SMILES string of the molecule is CCOCCc1ccc(OCC(O)CNC(C)C)cc1. The maximum Gasteiger partial charge on any atom is 0.119 e. The first-order valence-electron chi connectivity index (χ1n) is 7.32. The van der Waals surface area contributed by atoms with E-state index < -0.39 is 6.10 Å². The van der Waals surface area contributed by atoms with Crippen LogP contribution in [-0.4, -0.2) is 43.6 Å². The third-order valence-corrected chi connectivity index (χ3v) is 2.87. The highest BCUT2D eigenvalue weighted by Crippen LogP contribution is 2.13. The van der Waals surface area contributed by atoms with E-state index in [1.165, 1.54) is 5.56 Å². The quantitative estimate of drug-likeness (QED) is 0.644. The molecule has 20 heavy (non-hydrogen) atoms. The summed E-state index contributed by atoms with van der Waals surface area (Å²) in [6.07, 6.45) is 0.421. The summed E-state index contributed by atoms with van der Waals surface area (Å²) in [6, 6.07) is 8.31. The van der Waals surface area contributed by atoms with Crippen LogP contribution in [0.25, 0.3) is 0 Å². The molecule has 0 spiro atoms. The molecule has 0 heterocycles. The maximum absolute atomic E-state index is 9.75. The third-order valence-electron chi connectivity index (χ3n) is 2.87. The summed E-state index contributed by atoms with van der Waals surface area (Å²) >= 11 is 0. The standard InChI is InChI=1S/C16H27NO3/c1-4-19-10-9-14-5-7-16(8-6-14)20-12-15(18)11-17-13(2)3/h5-8,13,15,17-18H,4,9-12H2,1-3H3. The van der Waals surface area contributed by atoms with Gasteiger partial charge in [0.05, 0.1) is 6.61 Å². The van der Waals surface area contributed by atoms with Crippen LogP contribution in [0.5, 0.6) is 5.75 Å². The van der Waals surface area contributed by atoms with Crippen molar-refractivity contribution in [3.63, 3.8) is 0 Å². The van der Waals surface area contributed by atoms with Gasteiger partial charge < -0.3 is 19.9 Å². The topological polar surface area (TPSA) is 50.7 Å². The Kier molecular flexibility index (Phi) is 8.26. The molecule has 4 nitrogen and oxygen atoms in total. The van der Waals surface area contributed by atoms with E-state index in [0.717, 1.165) is 25.4 Å². The van der Waals surface area contributed by atoms with Crippen molar-refractivity contribution in [3.05, 3.63) is 29.8 Å². The minimum Gasteiger partial charge on any atom is -0.491 e. The lowest BCUT2D eigenvalue weighted by molar-refractivity contribution is 0.104. The zero-order valence-electron chi connectivity index (χ0n) is 12.8. The van der Waals surface area contributed by atoms with Gasteiger partial charge in [0.2, 0.25) is 0 Å². The van der Waals surface area contributed by atoms with E-state index >= 15 is 0 Å². The molecule has 1 unspecified atom stereocenters. The average molecular weight is 281 g/mol.